The molecule has 3 aromatic rings. The van der Waals surface area contributed by atoms with Crippen LogP contribution in [0.25, 0.3) is 11.3 Å². The summed E-state index contributed by atoms with van der Waals surface area (Å²) in [5.74, 6) is 0. The summed E-state index contributed by atoms with van der Waals surface area (Å²) in [5.41, 5.74) is 3.18. The van der Waals surface area contributed by atoms with Crippen LogP contribution in [0, 0.1) is 0 Å². The number of carbonyl (C=O) groups is 1. The average Bonchev–Trinajstić information content (AvgIpc) is 3.22. The monoisotopic (exact) mass is 426 g/mol. The van der Waals surface area contributed by atoms with Crippen molar-refractivity contribution in [1.29, 1.82) is 0 Å². The predicted octanol–water partition coefficient (Wildman–Crippen LogP) is 4.49. The first-order chi connectivity index (χ1) is 14.2. The smallest absolute Gasteiger partial charge is 0.317 e. The van der Waals surface area contributed by atoms with Gasteiger partial charge in [0.1, 0.15) is 5.01 Å². The lowest BCUT2D eigenvalue weighted by molar-refractivity contribution is 0.135. The first-order valence-electron chi connectivity index (χ1n) is 9.67. The highest BCUT2D eigenvalue weighted by Crippen LogP contribution is 2.24. The van der Waals surface area contributed by atoms with Crippen molar-refractivity contribution in [3.63, 3.8) is 0 Å². The summed E-state index contributed by atoms with van der Waals surface area (Å²) in [6, 6.07) is 17.8. The van der Waals surface area contributed by atoms with Gasteiger partial charge in [0.05, 0.1) is 12.2 Å². The van der Waals surface area contributed by atoms with Crippen LogP contribution in [0.4, 0.5) is 4.79 Å². The number of urea groups is 1. The third-order valence-electron chi connectivity index (χ3n) is 5.00. The lowest BCUT2D eigenvalue weighted by atomic mass is 10.2. The highest BCUT2D eigenvalue weighted by atomic mass is 35.5. The summed E-state index contributed by atoms with van der Waals surface area (Å²) >= 11 is 7.64. The summed E-state index contributed by atoms with van der Waals surface area (Å²) in [4.78, 5) is 21.4. The zero-order chi connectivity index (χ0) is 20.1. The summed E-state index contributed by atoms with van der Waals surface area (Å²) in [7, 11) is 0. The fraction of sp³-hybridized carbons (Fsp3) is 0.273. The molecule has 5 nitrogen and oxygen atoms in total. The quantitative estimate of drug-likeness (QED) is 0.653. The van der Waals surface area contributed by atoms with Crippen molar-refractivity contribution in [3.05, 3.63) is 75.6 Å². The molecule has 2 aromatic carbocycles. The van der Waals surface area contributed by atoms with E-state index in [-0.39, 0.29) is 6.03 Å². The van der Waals surface area contributed by atoms with Gasteiger partial charge in [0.25, 0.3) is 0 Å². The van der Waals surface area contributed by atoms with Crippen molar-refractivity contribution in [1.82, 2.24) is 20.1 Å². The second-order valence-corrected chi connectivity index (χ2v) is 8.42. The summed E-state index contributed by atoms with van der Waals surface area (Å²) in [5, 5.41) is 6.92. The van der Waals surface area contributed by atoms with Crippen LogP contribution in [-0.2, 0) is 13.1 Å². The minimum absolute atomic E-state index is 0.00720. The van der Waals surface area contributed by atoms with E-state index in [1.165, 1.54) is 0 Å². The Morgan fingerprint density at radius 3 is 2.48 bits per heavy atom. The SMILES string of the molecule is O=C(NCc1ccccc1)N1CCN(Cc2nc(-c3ccc(Cl)cc3)cs2)CC1. The standard InChI is InChI=1S/C22H23ClN4OS/c23-19-8-6-18(7-9-19)20-16-29-21(25-20)15-26-10-12-27(13-11-26)22(28)24-14-17-4-2-1-3-5-17/h1-9,16H,10-15H2,(H,24,28). The van der Waals surface area contributed by atoms with Gasteiger partial charge in [-0.1, -0.05) is 54.1 Å². The van der Waals surface area contributed by atoms with E-state index in [9.17, 15) is 4.79 Å². The molecule has 1 saturated heterocycles. The minimum Gasteiger partial charge on any atom is -0.334 e. The van der Waals surface area contributed by atoms with Gasteiger partial charge in [-0.3, -0.25) is 4.90 Å². The molecule has 1 aliphatic rings. The van der Waals surface area contributed by atoms with Gasteiger partial charge >= 0.3 is 6.03 Å². The molecular weight excluding hydrogens is 404 g/mol. The topological polar surface area (TPSA) is 48.5 Å². The van der Waals surface area contributed by atoms with Gasteiger partial charge in [-0.25, -0.2) is 9.78 Å². The van der Waals surface area contributed by atoms with Crippen molar-refractivity contribution in [2.75, 3.05) is 26.2 Å². The third kappa shape index (κ3) is 5.35. The molecule has 1 aliphatic heterocycles. The van der Waals surface area contributed by atoms with Gasteiger partial charge in [0, 0.05) is 48.7 Å². The van der Waals surface area contributed by atoms with Gasteiger partial charge in [-0.15, -0.1) is 11.3 Å². The molecule has 4 rings (SSSR count). The second-order valence-electron chi connectivity index (χ2n) is 7.04. The van der Waals surface area contributed by atoms with Crippen LogP contribution in [0.1, 0.15) is 10.6 Å². The Morgan fingerprint density at radius 2 is 1.76 bits per heavy atom. The van der Waals surface area contributed by atoms with Crippen LogP contribution >= 0.6 is 22.9 Å². The van der Waals surface area contributed by atoms with Gasteiger partial charge in [-0.2, -0.15) is 0 Å². The third-order valence-corrected chi connectivity index (χ3v) is 6.08. The van der Waals surface area contributed by atoms with E-state index in [0.717, 1.165) is 59.6 Å². The van der Waals surface area contributed by atoms with Crippen molar-refractivity contribution in [2.45, 2.75) is 13.1 Å². The van der Waals surface area contributed by atoms with Gasteiger partial charge < -0.3 is 10.2 Å². The van der Waals surface area contributed by atoms with Crippen LogP contribution < -0.4 is 5.32 Å². The van der Waals surface area contributed by atoms with E-state index in [1.807, 2.05) is 59.5 Å². The highest BCUT2D eigenvalue weighted by molar-refractivity contribution is 7.09. The first kappa shape index (κ1) is 19.9. The Morgan fingerprint density at radius 1 is 1.03 bits per heavy atom. The number of thiazole rings is 1. The molecule has 0 spiro atoms. The van der Waals surface area contributed by atoms with Crippen molar-refractivity contribution >= 4 is 29.0 Å². The Kier molecular flexibility index (Phi) is 6.44. The summed E-state index contributed by atoms with van der Waals surface area (Å²) in [6.07, 6.45) is 0. The maximum Gasteiger partial charge on any atom is 0.317 e. The molecule has 1 fully saturated rings. The number of amides is 2. The van der Waals surface area contributed by atoms with Crippen LogP contribution in [0.5, 0.6) is 0 Å². The van der Waals surface area contributed by atoms with Crippen molar-refractivity contribution in [2.24, 2.45) is 0 Å². The molecule has 2 amide bonds. The van der Waals surface area contributed by atoms with Gasteiger partial charge in [0.2, 0.25) is 0 Å². The number of benzene rings is 2. The molecule has 7 heteroatoms. The van der Waals surface area contributed by atoms with Crippen molar-refractivity contribution < 1.29 is 4.79 Å². The molecule has 150 valence electrons. The Labute approximate surface area is 179 Å². The van der Waals surface area contributed by atoms with Crippen LogP contribution in [0.15, 0.2) is 60.0 Å². The van der Waals surface area contributed by atoms with Gasteiger partial charge in [-0.05, 0) is 17.7 Å². The number of nitrogens with one attached hydrogen (secondary N) is 1. The van der Waals surface area contributed by atoms with E-state index >= 15 is 0 Å². The van der Waals surface area contributed by atoms with E-state index in [0.29, 0.717) is 6.54 Å². The second kappa shape index (κ2) is 9.39. The van der Waals surface area contributed by atoms with Crippen LogP contribution in [0.3, 0.4) is 0 Å². The molecule has 0 radical (unpaired) electrons. The molecule has 0 saturated carbocycles. The Hall–Kier alpha value is -2.41. The largest absolute Gasteiger partial charge is 0.334 e. The number of carbonyl (C=O) groups excluding carboxylic acids is 1. The normalized spacial score (nSPS) is 14.7. The summed E-state index contributed by atoms with van der Waals surface area (Å²) < 4.78 is 0. The average molecular weight is 427 g/mol. The lowest BCUT2D eigenvalue weighted by Gasteiger charge is -2.34. The highest BCUT2D eigenvalue weighted by Gasteiger charge is 2.21. The number of hydrogen-bond donors (Lipinski definition) is 1. The van der Waals surface area contributed by atoms with E-state index < -0.39 is 0 Å². The number of hydrogen-bond acceptors (Lipinski definition) is 4. The molecule has 1 N–H and O–H groups in total. The maximum atomic E-state index is 12.4. The molecule has 2 heterocycles. The zero-order valence-electron chi connectivity index (χ0n) is 16.1. The number of aromatic nitrogens is 1. The molecule has 0 atom stereocenters. The molecule has 1 aromatic heterocycles. The van der Waals surface area contributed by atoms with E-state index in [4.69, 9.17) is 16.6 Å². The number of rotatable bonds is 5. The molecular formula is C22H23ClN4OS. The minimum atomic E-state index is 0.00720. The lowest BCUT2D eigenvalue weighted by Crippen LogP contribution is -2.51. The number of piperazine rings is 1. The molecule has 29 heavy (non-hydrogen) atoms. The predicted molar refractivity (Wildman–Crippen MR) is 118 cm³/mol. The Balaban J connectivity index is 1.25. The number of halogens is 1. The van der Waals surface area contributed by atoms with E-state index in [2.05, 4.69) is 15.6 Å². The Bertz CT molecular complexity index is 937. The molecule has 0 bridgehead atoms. The van der Waals surface area contributed by atoms with Gasteiger partial charge in [0.15, 0.2) is 0 Å². The zero-order valence-corrected chi connectivity index (χ0v) is 17.6. The summed E-state index contributed by atoms with van der Waals surface area (Å²) in [6.45, 7) is 4.56. The fourth-order valence-corrected chi connectivity index (χ4v) is 4.29. The fourth-order valence-electron chi connectivity index (χ4n) is 3.32. The number of nitrogens with zero attached hydrogens (tertiary/aromatic N) is 3. The maximum absolute atomic E-state index is 12.4. The molecule has 0 aliphatic carbocycles. The molecule has 0 unspecified atom stereocenters. The van der Waals surface area contributed by atoms with Crippen LogP contribution in [0.2, 0.25) is 5.02 Å². The van der Waals surface area contributed by atoms with E-state index in [1.54, 1.807) is 11.3 Å². The van der Waals surface area contributed by atoms with Crippen LogP contribution in [-0.4, -0.2) is 47.0 Å². The first-order valence-corrected chi connectivity index (χ1v) is 10.9. The van der Waals surface area contributed by atoms with Crippen molar-refractivity contribution in [3.8, 4) is 11.3 Å².